The van der Waals surface area contributed by atoms with Crippen LogP contribution < -0.4 is 5.32 Å². The summed E-state index contributed by atoms with van der Waals surface area (Å²) >= 11 is 11.9. The molecule has 0 unspecified atom stereocenters. The number of nitrogens with one attached hydrogen (secondary N) is 1. The number of amides is 1. The van der Waals surface area contributed by atoms with Gasteiger partial charge >= 0.3 is 0 Å². The second kappa shape index (κ2) is 6.40. The van der Waals surface area contributed by atoms with Crippen LogP contribution in [0.2, 0.25) is 10.0 Å². The topological polar surface area (TPSA) is 55.1 Å². The third-order valence-electron chi connectivity index (χ3n) is 3.07. The summed E-state index contributed by atoms with van der Waals surface area (Å²) in [7, 11) is 0. The molecule has 0 saturated heterocycles. The minimum atomic E-state index is -0.494. The molecule has 0 spiro atoms. The summed E-state index contributed by atoms with van der Waals surface area (Å²) in [5, 5.41) is 6.88. The van der Waals surface area contributed by atoms with Crippen LogP contribution in [-0.4, -0.2) is 11.1 Å². The molecule has 0 bridgehead atoms. The fourth-order valence-electron chi connectivity index (χ4n) is 1.92. The highest BCUT2D eigenvalue weighted by molar-refractivity contribution is 6.44. The number of carbonyl (C=O) groups is 1. The third kappa shape index (κ3) is 3.36. The molecule has 0 aliphatic rings. The maximum Gasteiger partial charge on any atom is 0.277 e. The zero-order valence-corrected chi connectivity index (χ0v) is 13.0. The van der Waals surface area contributed by atoms with Crippen LogP contribution in [0.4, 0.5) is 10.1 Å². The highest BCUT2D eigenvalue weighted by Crippen LogP contribution is 2.30. The van der Waals surface area contributed by atoms with E-state index in [1.54, 1.807) is 18.2 Å². The lowest BCUT2D eigenvalue weighted by Gasteiger charge is -2.05. The lowest BCUT2D eigenvalue weighted by molar-refractivity contribution is 0.101. The summed E-state index contributed by atoms with van der Waals surface area (Å²) in [6.07, 6.45) is 0. The van der Waals surface area contributed by atoms with Crippen molar-refractivity contribution in [3.05, 3.63) is 70.1 Å². The standard InChI is InChI=1S/C16H9Cl2FN2O2/c17-11-2-1-3-12(15(11)18)20-16(22)13-8-14(23-21-13)9-4-6-10(19)7-5-9/h1-8H,(H,20,22). The van der Waals surface area contributed by atoms with Crippen molar-refractivity contribution in [3.8, 4) is 11.3 Å². The summed E-state index contributed by atoms with van der Waals surface area (Å²) < 4.78 is 18.0. The average molecular weight is 351 g/mol. The predicted molar refractivity (Wildman–Crippen MR) is 86.3 cm³/mol. The van der Waals surface area contributed by atoms with E-state index in [9.17, 15) is 9.18 Å². The number of benzene rings is 2. The highest BCUT2D eigenvalue weighted by Gasteiger charge is 2.15. The van der Waals surface area contributed by atoms with E-state index < -0.39 is 5.91 Å². The Morgan fingerprint density at radius 3 is 2.61 bits per heavy atom. The van der Waals surface area contributed by atoms with E-state index in [1.165, 1.54) is 30.3 Å². The fourth-order valence-corrected chi connectivity index (χ4v) is 2.27. The molecule has 4 nitrogen and oxygen atoms in total. The monoisotopic (exact) mass is 350 g/mol. The van der Waals surface area contributed by atoms with Crippen molar-refractivity contribution in [2.24, 2.45) is 0 Å². The molecule has 1 aromatic heterocycles. The highest BCUT2D eigenvalue weighted by atomic mass is 35.5. The van der Waals surface area contributed by atoms with Crippen molar-refractivity contribution in [1.29, 1.82) is 0 Å². The molecule has 1 N–H and O–H groups in total. The van der Waals surface area contributed by atoms with Gasteiger partial charge in [0.05, 0.1) is 15.7 Å². The third-order valence-corrected chi connectivity index (χ3v) is 3.89. The Kier molecular flexibility index (Phi) is 4.32. The number of hydrogen-bond acceptors (Lipinski definition) is 3. The van der Waals surface area contributed by atoms with E-state index in [-0.39, 0.29) is 16.5 Å². The van der Waals surface area contributed by atoms with Crippen LogP contribution in [0.3, 0.4) is 0 Å². The summed E-state index contributed by atoms with van der Waals surface area (Å²) in [6, 6.07) is 12.0. The van der Waals surface area contributed by atoms with Crippen LogP contribution in [-0.2, 0) is 0 Å². The molecular weight excluding hydrogens is 342 g/mol. The summed E-state index contributed by atoms with van der Waals surface area (Å²) in [6.45, 7) is 0. The minimum Gasteiger partial charge on any atom is -0.355 e. The zero-order chi connectivity index (χ0) is 16.4. The second-order valence-electron chi connectivity index (χ2n) is 4.64. The Hall–Kier alpha value is -2.37. The van der Waals surface area contributed by atoms with Gasteiger partial charge in [-0.15, -0.1) is 0 Å². The normalized spacial score (nSPS) is 10.6. The van der Waals surface area contributed by atoms with Crippen LogP contribution in [0.15, 0.2) is 53.1 Å². The van der Waals surface area contributed by atoms with Gasteiger partial charge in [-0.1, -0.05) is 34.4 Å². The molecule has 0 fully saturated rings. The van der Waals surface area contributed by atoms with Crippen LogP contribution in [0.25, 0.3) is 11.3 Å². The first kappa shape index (κ1) is 15.5. The molecule has 23 heavy (non-hydrogen) atoms. The Labute approximate surface area is 140 Å². The Bertz CT molecular complexity index is 863. The van der Waals surface area contributed by atoms with E-state index >= 15 is 0 Å². The number of anilines is 1. The van der Waals surface area contributed by atoms with E-state index in [4.69, 9.17) is 27.7 Å². The van der Waals surface area contributed by atoms with Gasteiger partial charge in [0.25, 0.3) is 5.91 Å². The second-order valence-corrected chi connectivity index (χ2v) is 5.42. The van der Waals surface area contributed by atoms with Crippen LogP contribution in [0, 0.1) is 5.82 Å². The van der Waals surface area contributed by atoms with Gasteiger partial charge in [0.1, 0.15) is 5.82 Å². The quantitative estimate of drug-likeness (QED) is 0.719. The van der Waals surface area contributed by atoms with Gasteiger partial charge in [-0.2, -0.15) is 0 Å². The van der Waals surface area contributed by atoms with Crippen molar-refractivity contribution in [2.75, 3.05) is 5.32 Å². The number of rotatable bonds is 3. The van der Waals surface area contributed by atoms with Crippen molar-refractivity contribution in [1.82, 2.24) is 5.16 Å². The molecule has 0 atom stereocenters. The maximum absolute atomic E-state index is 12.9. The Balaban J connectivity index is 1.81. The molecule has 116 valence electrons. The van der Waals surface area contributed by atoms with Crippen LogP contribution in [0.1, 0.15) is 10.5 Å². The molecule has 2 aromatic carbocycles. The van der Waals surface area contributed by atoms with E-state index in [1.807, 2.05) is 0 Å². The van der Waals surface area contributed by atoms with Crippen LogP contribution in [0.5, 0.6) is 0 Å². The first-order chi connectivity index (χ1) is 11.0. The average Bonchev–Trinajstić information content (AvgIpc) is 3.02. The number of halogens is 3. The van der Waals surface area contributed by atoms with Gasteiger partial charge in [0, 0.05) is 11.6 Å². The molecule has 3 rings (SSSR count). The lowest BCUT2D eigenvalue weighted by Crippen LogP contribution is -2.12. The molecule has 0 aliphatic heterocycles. The zero-order valence-electron chi connectivity index (χ0n) is 11.5. The fraction of sp³-hybridized carbons (Fsp3) is 0. The van der Waals surface area contributed by atoms with Gasteiger partial charge in [-0.3, -0.25) is 4.79 Å². The number of carbonyl (C=O) groups excluding carboxylic acids is 1. The summed E-state index contributed by atoms with van der Waals surface area (Å²) in [5.74, 6) is -0.500. The molecule has 3 aromatic rings. The van der Waals surface area contributed by atoms with Crippen molar-refractivity contribution in [2.45, 2.75) is 0 Å². The van der Waals surface area contributed by atoms with Gasteiger partial charge in [-0.05, 0) is 36.4 Å². The number of aromatic nitrogens is 1. The summed E-state index contributed by atoms with van der Waals surface area (Å²) in [4.78, 5) is 12.2. The first-order valence-corrected chi connectivity index (χ1v) is 7.28. The van der Waals surface area contributed by atoms with Crippen molar-refractivity contribution < 1.29 is 13.7 Å². The van der Waals surface area contributed by atoms with Gasteiger partial charge in [-0.25, -0.2) is 4.39 Å². The summed E-state index contributed by atoms with van der Waals surface area (Å²) in [5.41, 5.74) is 1.05. The SMILES string of the molecule is O=C(Nc1cccc(Cl)c1Cl)c1cc(-c2ccc(F)cc2)on1. The van der Waals surface area contributed by atoms with Gasteiger partial charge < -0.3 is 9.84 Å². The molecule has 1 amide bonds. The smallest absolute Gasteiger partial charge is 0.277 e. The van der Waals surface area contributed by atoms with Crippen molar-refractivity contribution in [3.63, 3.8) is 0 Å². The number of hydrogen-bond donors (Lipinski definition) is 1. The molecule has 1 heterocycles. The maximum atomic E-state index is 12.9. The largest absolute Gasteiger partial charge is 0.355 e. The Morgan fingerprint density at radius 2 is 1.87 bits per heavy atom. The van der Waals surface area contributed by atoms with E-state index in [2.05, 4.69) is 10.5 Å². The van der Waals surface area contributed by atoms with Crippen molar-refractivity contribution >= 4 is 34.8 Å². The van der Waals surface area contributed by atoms with Crippen LogP contribution >= 0.6 is 23.2 Å². The van der Waals surface area contributed by atoms with Gasteiger partial charge in [0.15, 0.2) is 11.5 Å². The number of nitrogens with zero attached hydrogens (tertiary/aromatic N) is 1. The minimum absolute atomic E-state index is 0.0698. The molecule has 7 heteroatoms. The molecule has 0 saturated carbocycles. The molecule has 0 radical (unpaired) electrons. The molecule has 0 aliphatic carbocycles. The van der Waals surface area contributed by atoms with Gasteiger partial charge in [0.2, 0.25) is 0 Å². The molecular formula is C16H9Cl2FN2O2. The lowest BCUT2D eigenvalue weighted by atomic mass is 10.1. The Morgan fingerprint density at radius 1 is 1.13 bits per heavy atom. The first-order valence-electron chi connectivity index (χ1n) is 6.52. The predicted octanol–water partition coefficient (Wildman–Crippen LogP) is 5.04. The van der Waals surface area contributed by atoms with E-state index in [0.717, 1.165) is 0 Å². The van der Waals surface area contributed by atoms with E-state index in [0.29, 0.717) is 22.0 Å².